The van der Waals surface area contributed by atoms with E-state index in [2.05, 4.69) is 15.4 Å². The van der Waals surface area contributed by atoms with Gasteiger partial charge in [0.1, 0.15) is 17.8 Å². The van der Waals surface area contributed by atoms with E-state index in [0.717, 1.165) is 22.3 Å². The topological polar surface area (TPSA) is 194 Å². The third-order valence-electron chi connectivity index (χ3n) is 8.45. The molecule has 0 aliphatic heterocycles. The van der Waals surface area contributed by atoms with Crippen LogP contribution in [0.3, 0.4) is 0 Å². The molecule has 3 atom stereocenters. The van der Waals surface area contributed by atoms with E-state index in [1.54, 1.807) is 13.0 Å². The van der Waals surface area contributed by atoms with Gasteiger partial charge in [-0.05, 0) is 92.3 Å². The number of carbonyl (C=O) groups excluding carboxylic acids is 5. The molecule has 0 radical (unpaired) electrons. The van der Waals surface area contributed by atoms with Crippen LogP contribution in [0.1, 0.15) is 59.9 Å². The van der Waals surface area contributed by atoms with Gasteiger partial charge in [-0.15, -0.1) is 0 Å². The SMILES string of the molecule is COC(=O)CCCCCN(C(=O)CNC(=O)[C@@H](CCSC)NC(=O)[C@H](N)Cc1c(C)cc(O)c(C)c1C)[C@@H](Cc1ccccc1)C(N)=O. The largest absolute Gasteiger partial charge is 0.508 e. The summed E-state index contributed by atoms with van der Waals surface area (Å²) in [5.74, 6) is -1.84. The van der Waals surface area contributed by atoms with Gasteiger partial charge >= 0.3 is 5.97 Å². The molecule has 0 aliphatic carbocycles. The molecule has 12 nitrogen and oxygen atoms in total. The Morgan fingerprint density at radius 2 is 1.67 bits per heavy atom. The second-order valence-electron chi connectivity index (χ2n) is 11.9. The van der Waals surface area contributed by atoms with Crippen molar-refractivity contribution in [3.63, 3.8) is 0 Å². The second kappa shape index (κ2) is 20.3. The Kier molecular flexibility index (Phi) is 17.0. The number of esters is 1. The van der Waals surface area contributed by atoms with E-state index in [4.69, 9.17) is 11.5 Å². The molecule has 13 heteroatoms. The van der Waals surface area contributed by atoms with E-state index in [-0.39, 0.29) is 37.5 Å². The number of primary amides is 1. The molecule has 7 N–H and O–H groups in total. The van der Waals surface area contributed by atoms with Crippen LogP contribution in [0.25, 0.3) is 0 Å². The van der Waals surface area contributed by atoms with Crippen LogP contribution < -0.4 is 22.1 Å². The van der Waals surface area contributed by atoms with Gasteiger partial charge in [-0.25, -0.2) is 0 Å². The van der Waals surface area contributed by atoms with E-state index < -0.39 is 48.3 Å². The van der Waals surface area contributed by atoms with E-state index in [0.29, 0.717) is 37.0 Å². The number of carbonyl (C=O) groups is 5. The van der Waals surface area contributed by atoms with Crippen LogP contribution in [0.4, 0.5) is 0 Å². The number of methoxy groups -OCH3 is 1. The number of amides is 4. The highest BCUT2D eigenvalue weighted by Gasteiger charge is 2.30. The number of rotatable bonds is 20. The zero-order valence-electron chi connectivity index (χ0n) is 28.7. The van der Waals surface area contributed by atoms with Crippen LogP contribution in [-0.4, -0.2) is 89.9 Å². The number of nitrogens with two attached hydrogens (primary N) is 2. The fourth-order valence-corrected chi connectivity index (χ4v) is 5.87. The summed E-state index contributed by atoms with van der Waals surface area (Å²) in [6.45, 7) is 5.27. The Morgan fingerprint density at radius 3 is 2.29 bits per heavy atom. The van der Waals surface area contributed by atoms with Gasteiger partial charge in [-0.3, -0.25) is 24.0 Å². The molecule has 0 unspecified atom stereocenters. The molecular weight excluding hydrogens is 634 g/mol. The smallest absolute Gasteiger partial charge is 0.305 e. The summed E-state index contributed by atoms with van der Waals surface area (Å²) in [6.07, 6.45) is 4.49. The first kappa shape index (κ1) is 40.1. The van der Waals surface area contributed by atoms with Gasteiger partial charge < -0.3 is 36.8 Å². The number of ether oxygens (including phenoxy) is 1. The van der Waals surface area contributed by atoms with Crippen LogP contribution in [-0.2, 0) is 41.6 Å². The fourth-order valence-electron chi connectivity index (χ4n) is 5.40. The number of hydrogen-bond acceptors (Lipinski definition) is 9. The molecule has 0 heterocycles. The third-order valence-corrected chi connectivity index (χ3v) is 9.10. The highest BCUT2D eigenvalue weighted by Crippen LogP contribution is 2.27. The van der Waals surface area contributed by atoms with Crippen LogP contribution in [0.15, 0.2) is 36.4 Å². The van der Waals surface area contributed by atoms with Crippen molar-refractivity contribution in [3.8, 4) is 5.75 Å². The van der Waals surface area contributed by atoms with Gasteiger partial charge in [0.2, 0.25) is 23.6 Å². The number of nitrogens with one attached hydrogen (secondary N) is 2. The predicted octanol–water partition coefficient (Wildman–Crippen LogP) is 2.20. The predicted molar refractivity (Wildman–Crippen MR) is 187 cm³/mol. The Balaban J connectivity index is 2.15. The molecule has 0 saturated carbocycles. The Labute approximate surface area is 287 Å². The van der Waals surface area contributed by atoms with Crippen molar-refractivity contribution >= 4 is 41.4 Å². The van der Waals surface area contributed by atoms with E-state index in [9.17, 15) is 29.1 Å². The van der Waals surface area contributed by atoms with Gasteiger partial charge in [-0.2, -0.15) is 11.8 Å². The molecule has 0 aliphatic rings. The molecule has 264 valence electrons. The number of unbranched alkanes of at least 4 members (excludes halogenated alkanes) is 2. The lowest BCUT2D eigenvalue weighted by Crippen LogP contribution is -2.55. The van der Waals surface area contributed by atoms with Crippen LogP contribution >= 0.6 is 11.8 Å². The minimum atomic E-state index is -0.960. The number of phenolic OH excluding ortho intramolecular Hbond substituents is 1. The lowest BCUT2D eigenvalue weighted by molar-refractivity contribution is -0.141. The quantitative estimate of drug-likeness (QED) is 0.103. The Hall–Kier alpha value is -4.10. The first-order valence-electron chi connectivity index (χ1n) is 16.1. The molecule has 2 aromatic carbocycles. The van der Waals surface area contributed by atoms with E-state index in [1.165, 1.54) is 23.8 Å². The average molecular weight is 686 g/mol. The lowest BCUT2D eigenvalue weighted by Gasteiger charge is -2.30. The van der Waals surface area contributed by atoms with Crippen LogP contribution in [0, 0.1) is 20.8 Å². The van der Waals surface area contributed by atoms with Crippen LogP contribution in [0.5, 0.6) is 5.75 Å². The molecule has 2 aromatic rings. The average Bonchev–Trinajstić information content (AvgIpc) is 3.06. The molecule has 0 saturated heterocycles. The summed E-state index contributed by atoms with van der Waals surface area (Å²) in [6, 6.07) is 7.96. The summed E-state index contributed by atoms with van der Waals surface area (Å²) >= 11 is 1.50. The normalized spacial score (nSPS) is 12.8. The summed E-state index contributed by atoms with van der Waals surface area (Å²) < 4.78 is 4.68. The summed E-state index contributed by atoms with van der Waals surface area (Å²) in [4.78, 5) is 65.6. The number of aromatic hydroxyl groups is 1. The maximum atomic E-state index is 13.6. The molecule has 4 amide bonds. The highest BCUT2D eigenvalue weighted by atomic mass is 32.2. The summed E-state index contributed by atoms with van der Waals surface area (Å²) in [5, 5.41) is 15.5. The number of benzene rings is 2. The van der Waals surface area contributed by atoms with Gasteiger partial charge in [0.25, 0.3) is 0 Å². The molecular formula is C35H51N5O7S. The zero-order valence-corrected chi connectivity index (χ0v) is 29.5. The number of phenols is 1. The minimum absolute atomic E-state index is 0.175. The Morgan fingerprint density at radius 1 is 0.979 bits per heavy atom. The van der Waals surface area contributed by atoms with Crippen molar-refractivity contribution < 1.29 is 33.8 Å². The second-order valence-corrected chi connectivity index (χ2v) is 12.9. The monoisotopic (exact) mass is 685 g/mol. The minimum Gasteiger partial charge on any atom is -0.508 e. The summed E-state index contributed by atoms with van der Waals surface area (Å²) in [7, 11) is 1.32. The zero-order chi connectivity index (χ0) is 35.8. The lowest BCUT2D eigenvalue weighted by atomic mass is 9.92. The van der Waals surface area contributed by atoms with E-state index >= 15 is 0 Å². The highest BCUT2D eigenvalue weighted by molar-refractivity contribution is 7.98. The van der Waals surface area contributed by atoms with Crippen LogP contribution in [0.2, 0.25) is 0 Å². The third kappa shape index (κ3) is 12.5. The summed E-state index contributed by atoms with van der Waals surface area (Å²) in [5.41, 5.74) is 16.1. The van der Waals surface area contributed by atoms with Gasteiger partial charge in [0.15, 0.2) is 0 Å². The van der Waals surface area contributed by atoms with Gasteiger partial charge in [-0.1, -0.05) is 36.8 Å². The van der Waals surface area contributed by atoms with Gasteiger partial charge in [0.05, 0.1) is 19.7 Å². The molecule has 0 aromatic heterocycles. The number of thioether (sulfide) groups is 1. The maximum Gasteiger partial charge on any atom is 0.305 e. The Bertz CT molecular complexity index is 1410. The van der Waals surface area contributed by atoms with Crippen molar-refractivity contribution in [1.29, 1.82) is 0 Å². The number of aryl methyl sites for hydroxylation is 1. The van der Waals surface area contributed by atoms with Crippen molar-refractivity contribution in [2.75, 3.05) is 32.2 Å². The molecule has 48 heavy (non-hydrogen) atoms. The molecule has 2 rings (SSSR count). The first-order chi connectivity index (χ1) is 22.8. The van der Waals surface area contributed by atoms with Crippen molar-refractivity contribution in [1.82, 2.24) is 15.5 Å². The maximum absolute atomic E-state index is 13.6. The molecule has 0 fully saturated rings. The standard InChI is InChI=1S/C35H51N5O7S/c1-22-18-30(41)24(3)23(2)26(22)20-27(36)34(45)39-28(15-17-48-5)35(46)38-21-31(42)40(16-11-7-10-14-32(43)47-4)29(33(37)44)19-25-12-8-6-9-13-25/h6,8-9,12-13,18,27-29,41H,7,10-11,14-17,19-21,36H2,1-5H3,(H2,37,44)(H,38,46)(H,39,45)/t27-,28-,29+/m1/s1. The molecule has 0 spiro atoms. The first-order valence-corrected chi connectivity index (χ1v) is 17.5. The van der Waals surface area contributed by atoms with Crippen molar-refractivity contribution in [2.24, 2.45) is 11.5 Å². The van der Waals surface area contributed by atoms with Crippen molar-refractivity contribution in [2.45, 2.75) is 83.8 Å². The van der Waals surface area contributed by atoms with Gasteiger partial charge in [0, 0.05) is 19.4 Å². The molecule has 0 bridgehead atoms. The number of nitrogens with zero attached hydrogens (tertiary/aromatic N) is 1. The van der Waals surface area contributed by atoms with E-state index in [1.807, 2.05) is 50.4 Å². The number of hydrogen-bond donors (Lipinski definition) is 5. The van der Waals surface area contributed by atoms with Crippen molar-refractivity contribution in [3.05, 3.63) is 64.2 Å². The fraction of sp³-hybridized carbons (Fsp3) is 0.514.